The Hall–Kier alpha value is 0.190. The summed E-state index contributed by atoms with van der Waals surface area (Å²) in [6.45, 7) is 1.87. The summed E-state index contributed by atoms with van der Waals surface area (Å²) >= 11 is 12.6. The van der Waals surface area contributed by atoms with Gasteiger partial charge < -0.3 is 0 Å². The first-order chi connectivity index (χ1) is 7.40. The molecule has 1 atom stereocenters. The normalized spacial score (nSPS) is 18.7. The van der Waals surface area contributed by atoms with E-state index in [0.29, 0.717) is 10.3 Å². The van der Waals surface area contributed by atoms with E-state index in [-0.39, 0.29) is 15.3 Å². The fraction of sp³-hybridized carbons (Fsp3) is 0.556. The number of sulfonamides is 1. The van der Waals surface area contributed by atoms with Gasteiger partial charge in [0, 0.05) is 6.04 Å². The summed E-state index contributed by atoms with van der Waals surface area (Å²) in [6, 6.07) is 1.34. The molecule has 3 nitrogen and oxygen atoms in total. The van der Waals surface area contributed by atoms with Crippen molar-refractivity contribution in [1.82, 2.24) is 4.72 Å². The zero-order valence-corrected chi connectivity index (χ0v) is 11.7. The molecule has 1 aliphatic carbocycles. The van der Waals surface area contributed by atoms with Crippen molar-refractivity contribution in [3.63, 3.8) is 0 Å². The van der Waals surface area contributed by atoms with E-state index in [4.69, 9.17) is 23.2 Å². The van der Waals surface area contributed by atoms with Crippen LogP contribution in [0.3, 0.4) is 0 Å². The first kappa shape index (κ1) is 12.6. The number of thiophene rings is 1. The van der Waals surface area contributed by atoms with E-state index in [1.54, 1.807) is 0 Å². The predicted octanol–water partition coefficient (Wildman–Crippen LogP) is 3.13. The van der Waals surface area contributed by atoms with Gasteiger partial charge in [0.15, 0.2) is 0 Å². The van der Waals surface area contributed by atoms with Crippen LogP contribution in [-0.4, -0.2) is 14.5 Å². The van der Waals surface area contributed by atoms with Gasteiger partial charge in [-0.25, -0.2) is 13.1 Å². The molecule has 0 spiro atoms. The van der Waals surface area contributed by atoms with Crippen LogP contribution in [0.15, 0.2) is 11.0 Å². The third kappa shape index (κ3) is 2.71. The fourth-order valence-corrected chi connectivity index (χ4v) is 4.97. The number of rotatable bonds is 4. The summed E-state index contributed by atoms with van der Waals surface area (Å²) in [7, 11) is -3.53. The molecule has 0 saturated heterocycles. The largest absolute Gasteiger partial charge is 0.243 e. The summed E-state index contributed by atoms with van der Waals surface area (Å²) in [5, 5.41) is 0. The smallest absolute Gasteiger partial charge is 0.208 e. The average Bonchev–Trinajstić information content (AvgIpc) is 2.91. The number of hydrogen-bond donors (Lipinski definition) is 1. The lowest BCUT2D eigenvalue weighted by atomic mass is 10.2. The van der Waals surface area contributed by atoms with E-state index >= 15 is 0 Å². The second kappa shape index (κ2) is 4.46. The Morgan fingerprint density at radius 1 is 1.50 bits per heavy atom. The van der Waals surface area contributed by atoms with Crippen molar-refractivity contribution < 1.29 is 8.42 Å². The van der Waals surface area contributed by atoms with Gasteiger partial charge >= 0.3 is 0 Å². The molecule has 90 valence electrons. The molecule has 16 heavy (non-hydrogen) atoms. The molecular formula is C9H11Cl2NO2S2. The SMILES string of the molecule is CC(NS(=O)(=O)c1cc(Cl)sc1Cl)C1CC1. The van der Waals surface area contributed by atoms with Crippen LogP contribution in [0, 0.1) is 5.92 Å². The second-order valence-corrected chi connectivity index (χ2v) is 7.90. The Morgan fingerprint density at radius 2 is 2.12 bits per heavy atom. The maximum atomic E-state index is 12.0. The van der Waals surface area contributed by atoms with Crippen LogP contribution in [0.4, 0.5) is 0 Å². The monoisotopic (exact) mass is 299 g/mol. The molecule has 1 unspecified atom stereocenters. The Bertz CT molecular complexity index is 494. The van der Waals surface area contributed by atoms with Gasteiger partial charge in [-0.2, -0.15) is 0 Å². The lowest BCUT2D eigenvalue weighted by Crippen LogP contribution is -2.33. The molecular weight excluding hydrogens is 289 g/mol. The topological polar surface area (TPSA) is 46.2 Å². The molecule has 1 aromatic rings. The van der Waals surface area contributed by atoms with Crippen molar-refractivity contribution in [2.75, 3.05) is 0 Å². The third-order valence-corrected chi connectivity index (χ3v) is 5.90. The van der Waals surface area contributed by atoms with Gasteiger partial charge in [0.25, 0.3) is 0 Å². The summed E-state index contributed by atoms with van der Waals surface area (Å²) in [4.78, 5) is 0.0802. The molecule has 0 radical (unpaired) electrons. The van der Waals surface area contributed by atoms with Crippen molar-refractivity contribution in [3.8, 4) is 0 Å². The van der Waals surface area contributed by atoms with Gasteiger partial charge in [-0.05, 0) is 31.7 Å². The van der Waals surface area contributed by atoms with Crippen LogP contribution < -0.4 is 4.72 Å². The molecule has 1 heterocycles. The van der Waals surface area contributed by atoms with Gasteiger partial charge in [-0.3, -0.25) is 0 Å². The molecule has 0 bridgehead atoms. The molecule has 0 amide bonds. The van der Waals surface area contributed by atoms with E-state index in [2.05, 4.69) is 4.72 Å². The summed E-state index contributed by atoms with van der Waals surface area (Å²) in [6.07, 6.45) is 2.17. The number of hydrogen-bond acceptors (Lipinski definition) is 3. The number of halogens is 2. The number of nitrogens with one attached hydrogen (secondary N) is 1. The van der Waals surface area contributed by atoms with Crippen molar-refractivity contribution in [2.24, 2.45) is 5.92 Å². The minimum atomic E-state index is -3.53. The maximum absolute atomic E-state index is 12.0. The summed E-state index contributed by atoms with van der Waals surface area (Å²) in [5.74, 6) is 0.461. The minimum absolute atomic E-state index is 0.0419. The molecule has 1 aromatic heterocycles. The fourth-order valence-electron chi connectivity index (χ4n) is 1.51. The predicted molar refractivity (Wildman–Crippen MR) is 66.8 cm³/mol. The van der Waals surface area contributed by atoms with Gasteiger partial charge in [0.1, 0.15) is 9.23 Å². The van der Waals surface area contributed by atoms with Crippen molar-refractivity contribution in [1.29, 1.82) is 0 Å². The Morgan fingerprint density at radius 3 is 2.56 bits per heavy atom. The summed E-state index contributed by atoms with van der Waals surface area (Å²) < 4.78 is 27.1. The zero-order chi connectivity index (χ0) is 11.9. The molecule has 1 fully saturated rings. The maximum Gasteiger partial charge on any atom is 0.243 e. The van der Waals surface area contributed by atoms with E-state index in [1.807, 2.05) is 6.92 Å². The standard InChI is InChI=1S/C9H11Cl2NO2S2/c1-5(6-2-3-6)12-16(13,14)7-4-8(10)15-9(7)11/h4-6,12H,2-3H2,1H3. The Kier molecular flexibility index (Phi) is 3.52. The van der Waals surface area contributed by atoms with Crippen molar-refractivity contribution >= 4 is 44.6 Å². The average molecular weight is 300 g/mol. The van der Waals surface area contributed by atoms with Gasteiger partial charge in [-0.1, -0.05) is 23.2 Å². The Labute approximate surface area is 109 Å². The molecule has 7 heteroatoms. The highest BCUT2D eigenvalue weighted by atomic mass is 35.5. The van der Waals surface area contributed by atoms with Crippen LogP contribution in [0.25, 0.3) is 0 Å². The molecule has 1 N–H and O–H groups in total. The highest BCUT2D eigenvalue weighted by molar-refractivity contribution is 7.89. The third-order valence-electron chi connectivity index (χ3n) is 2.59. The summed E-state index contributed by atoms with van der Waals surface area (Å²) in [5.41, 5.74) is 0. The highest BCUT2D eigenvalue weighted by Gasteiger charge is 2.32. The molecule has 0 aliphatic heterocycles. The van der Waals surface area contributed by atoms with Gasteiger partial charge in [0.05, 0.1) is 4.34 Å². The molecule has 1 aliphatic rings. The van der Waals surface area contributed by atoms with Gasteiger partial charge in [-0.15, -0.1) is 11.3 Å². The molecule has 2 rings (SSSR count). The lowest BCUT2D eigenvalue weighted by molar-refractivity contribution is 0.538. The minimum Gasteiger partial charge on any atom is -0.208 e. The van der Waals surface area contributed by atoms with Crippen LogP contribution in [0.5, 0.6) is 0 Å². The first-order valence-electron chi connectivity index (χ1n) is 4.87. The quantitative estimate of drug-likeness (QED) is 0.928. The second-order valence-electron chi connectivity index (χ2n) is 3.94. The van der Waals surface area contributed by atoms with E-state index in [9.17, 15) is 8.42 Å². The van der Waals surface area contributed by atoms with Crippen LogP contribution in [-0.2, 0) is 10.0 Å². The Balaban J connectivity index is 2.21. The van der Waals surface area contributed by atoms with Crippen molar-refractivity contribution in [2.45, 2.75) is 30.7 Å². The van der Waals surface area contributed by atoms with Crippen LogP contribution in [0.2, 0.25) is 8.67 Å². The van der Waals surface area contributed by atoms with Crippen molar-refractivity contribution in [3.05, 3.63) is 14.7 Å². The zero-order valence-electron chi connectivity index (χ0n) is 8.54. The highest BCUT2D eigenvalue weighted by Crippen LogP contribution is 2.36. The molecule has 1 saturated carbocycles. The van der Waals surface area contributed by atoms with E-state index in [0.717, 1.165) is 24.2 Å². The van der Waals surface area contributed by atoms with Gasteiger partial charge in [0.2, 0.25) is 10.0 Å². The van der Waals surface area contributed by atoms with Crippen LogP contribution in [0.1, 0.15) is 19.8 Å². The van der Waals surface area contributed by atoms with E-state index in [1.165, 1.54) is 6.07 Å². The van der Waals surface area contributed by atoms with E-state index < -0.39 is 10.0 Å². The van der Waals surface area contributed by atoms with Crippen LogP contribution >= 0.6 is 34.5 Å². The lowest BCUT2D eigenvalue weighted by Gasteiger charge is -2.12. The first-order valence-corrected chi connectivity index (χ1v) is 7.93. The molecule has 0 aromatic carbocycles.